The van der Waals surface area contributed by atoms with Crippen molar-refractivity contribution in [2.24, 2.45) is 0 Å². The van der Waals surface area contributed by atoms with Crippen LogP contribution in [-0.4, -0.2) is 31.2 Å². The van der Waals surface area contributed by atoms with Gasteiger partial charge in [-0.25, -0.2) is 8.42 Å². The van der Waals surface area contributed by atoms with E-state index in [4.69, 9.17) is 4.74 Å². The normalized spacial score (nSPS) is 14.0. The molecule has 4 rings (SSSR count). The van der Waals surface area contributed by atoms with Crippen LogP contribution in [0, 0.1) is 6.92 Å². The minimum absolute atomic E-state index is 0.0649. The zero-order valence-electron chi connectivity index (χ0n) is 20.0. The zero-order valence-corrected chi connectivity index (χ0v) is 20.9. The summed E-state index contributed by atoms with van der Waals surface area (Å²) in [5.74, 6) is 0.467. The zero-order chi connectivity index (χ0) is 24.7. The van der Waals surface area contributed by atoms with Gasteiger partial charge < -0.3 is 10.1 Å². The number of methoxy groups -OCH3 is 1. The van der Waals surface area contributed by atoms with E-state index in [-0.39, 0.29) is 16.3 Å². The second kappa shape index (κ2) is 8.79. The van der Waals surface area contributed by atoms with Crippen LogP contribution in [-0.2, 0) is 15.6 Å². The molecule has 1 fully saturated rings. The highest BCUT2D eigenvalue weighted by atomic mass is 32.2. The van der Waals surface area contributed by atoms with E-state index >= 15 is 0 Å². The van der Waals surface area contributed by atoms with Gasteiger partial charge in [0.25, 0.3) is 15.9 Å². The van der Waals surface area contributed by atoms with Crippen LogP contribution in [0.2, 0.25) is 0 Å². The number of anilines is 2. The molecule has 1 saturated carbocycles. The molecule has 9 heteroatoms. The minimum Gasteiger partial charge on any atom is -0.495 e. The summed E-state index contributed by atoms with van der Waals surface area (Å²) in [4.78, 5) is 13.1. The van der Waals surface area contributed by atoms with E-state index in [1.807, 2.05) is 10.7 Å². The number of nitrogens with one attached hydrogen (secondary N) is 2. The van der Waals surface area contributed by atoms with Crippen LogP contribution < -0.4 is 14.8 Å². The quantitative estimate of drug-likeness (QED) is 0.499. The van der Waals surface area contributed by atoms with Crippen molar-refractivity contribution in [3.8, 4) is 5.75 Å². The monoisotopic (exact) mass is 482 g/mol. The van der Waals surface area contributed by atoms with Crippen molar-refractivity contribution in [2.45, 2.75) is 56.9 Å². The van der Waals surface area contributed by atoms with Crippen LogP contribution in [0.25, 0.3) is 0 Å². The number of nitrogens with zero attached hydrogens (tertiary/aromatic N) is 2. The van der Waals surface area contributed by atoms with Crippen molar-refractivity contribution in [3.05, 3.63) is 65.5 Å². The van der Waals surface area contributed by atoms with Gasteiger partial charge in [-0.3, -0.25) is 14.2 Å². The highest BCUT2D eigenvalue weighted by Gasteiger charge is 2.32. The van der Waals surface area contributed by atoms with Gasteiger partial charge in [0.2, 0.25) is 0 Å². The maximum Gasteiger partial charge on any atom is 0.276 e. The molecule has 1 aliphatic carbocycles. The summed E-state index contributed by atoms with van der Waals surface area (Å²) in [6.07, 6.45) is 2.20. The lowest BCUT2D eigenvalue weighted by atomic mass is 10.1. The average Bonchev–Trinajstić information content (AvgIpc) is 3.51. The van der Waals surface area contributed by atoms with E-state index in [0.29, 0.717) is 34.3 Å². The van der Waals surface area contributed by atoms with Crippen molar-refractivity contribution >= 4 is 27.3 Å². The molecule has 1 heterocycles. The second-order valence-corrected chi connectivity index (χ2v) is 11.2. The standard InChI is InChI=1S/C25H30N4O4S/c1-16-10-13-18(14-23(16)34(31,32)28-19-8-6-7-9-22(19)33-5)26-24(30)20-15-21(17-11-12-17)29(27-20)25(2,3)4/h6-10,13-15,17,28H,11-12H2,1-5H3,(H,26,30). The van der Waals surface area contributed by atoms with E-state index in [1.54, 1.807) is 43.3 Å². The average molecular weight is 483 g/mol. The van der Waals surface area contributed by atoms with Crippen molar-refractivity contribution in [1.29, 1.82) is 0 Å². The summed E-state index contributed by atoms with van der Waals surface area (Å²) in [6, 6.07) is 13.4. The first-order chi connectivity index (χ1) is 16.0. The molecule has 34 heavy (non-hydrogen) atoms. The number of carbonyl (C=O) groups is 1. The first-order valence-electron chi connectivity index (χ1n) is 11.2. The second-order valence-electron chi connectivity index (χ2n) is 9.55. The first kappa shape index (κ1) is 23.8. The van der Waals surface area contributed by atoms with Crippen LogP contribution >= 0.6 is 0 Å². The minimum atomic E-state index is -3.93. The molecule has 0 bridgehead atoms. The third kappa shape index (κ3) is 4.94. The number of para-hydroxylation sites is 2. The number of carbonyl (C=O) groups excluding carboxylic acids is 1. The summed E-state index contributed by atoms with van der Waals surface area (Å²) in [6.45, 7) is 7.87. The van der Waals surface area contributed by atoms with Crippen molar-refractivity contribution < 1.29 is 17.9 Å². The predicted octanol–water partition coefficient (Wildman–Crippen LogP) is 4.89. The molecule has 180 valence electrons. The molecule has 1 amide bonds. The summed E-state index contributed by atoms with van der Waals surface area (Å²) in [5, 5.41) is 7.37. The van der Waals surface area contributed by atoms with E-state index in [1.165, 1.54) is 13.2 Å². The van der Waals surface area contributed by atoms with Crippen LogP contribution in [0.3, 0.4) is 0 Å². The lowest BCUT2D eigenvalue weighted by Crippen LogP contribution is -2.25. The number of aryl methyl sites for hydroxylation is 1. The van der Waals surface area contributed by atoms with Gasteiger partial charge in [-0.2, -0.15) is 5.10 Å². The fourth-order valence-electron chi connectivity index (χ4n) is 3.80. The number of benzene rings is 2. The molecule has 1 aliphatic rings. The van der Waals surface area contributed by atoms with Crippen LogP contribution in [0.5, 0.6) is 5.75 Å². The molecule has 0 spiro atoms. The Morgan fingerprint density at radius 3 is 2.47 bits per heavy atom. The lowest BCUT2D eigenvalue weighted by molar-refractivity contribution is 0.102. The molecule has 2 N–H and O–H groups in total. The molecular weight excluding hydrogens is 452 g/mol. The molecule has 0 atom stereocenters. The topological polar surface area (TPSA) is 102 Å². The van der Waals surface area contributed by atoms with Crippen LogP contribution in [0.4, 0.5) is 11.4 Å². The Bertz CT molecular complexity index is 1340. The van der Waals surface area contributed by atoms with Gasteiger partial charge in [0.1, 0.15) is 5.75 Å². The molecule has 0 aliphatic heterocycles. The molecule has 2 aromatic carbocycles. The maximum atomic E-state index is 13.1. The lowest BCUT2D eigenvalue weighted by Gasteiger charge is -2.22. The van der Waals surface area contributed by atoms with Gasteiger partial charge >= 0.3 is 0 Å². The maximum absolute atomic E-state index is 13.1. The van der Waals surface area contributed by atoms with Gasteiger partial charge in [0.05, 0.1) is 23.2 Å². The smallest absolute Gasteiger partial charge is 0.276 e. The predicted molar refractivity (Wildman–Crippen MR) is 132 cm³/mol. The summed E-state index contributed by atoms with van der Waals surface area (Å²) in [7, 11) is -2.45. The van der Waals surface area contributed by atoms with E-state index in [2.05, 4.69) is 35.9 Å². The van der Waals surface area contributed by atoms with E-state index < -0.39 is 10.0 Å². The Hall–Kier alpha value is -3.33. The third-order valence-corrected chi connectivity index (χ3v) is 7.19. The van der Waals surface area contributed by atoms with Crippen molar-refractivity contribution in [3.63, 3.8) is 0 Å². The molecule has 1 aromatic heterocycles. The Morgan fingerprint density at radius 2 is 1.82 bits per heavy atom. The first-order valence-corrected chi connectivity index (χ1v) is 12.7. The van der Waals surface area contributed by atoms with Crippen LogP contribution in [0.1, 0.15) is 61.3 Å². The SMILES string of the molecule is COc1ccccc1NS(=O)(=O)c1cc(NC(=O)c2cc(C3CC3)n(C(C)(C)C)n2)ccc1C. The largest absolute Gasteiger partial charge is 0.495 e. The fraction of sp³-hybridized carbons (Fsp3) is 0.360. The number of aromatic nitrogens is 2. The van der Waals surface area contributed by atoms with Gasteiger partial charge in [-0.15, -0.1) is 0 Å². The van der Waals surface area contributed by atoms with Crippen LogP contribution in [0.15, 0.2) is 53.4 Å². The van der Waals surface area contributed by atoms with Crippen molar-refractivity contribution in [1.82, 2.24) is 9.78 Å². The Kier molecular flexibility index (Phi) is 6.16. The van der Waals surface area contributed by atoms with Gasteiger partial charge in [-0.1, -0.05) is 18.2 Å². The molecule has 3 aromatic rings. The molecule has 0 unspecified atom stereocenters. The summed E-state index contributed by atoms with van der Waals surface area (Å²) in [5.41, 5.74) is 2.38. The number of ether oxygens (including phenoxy) is 1. The summed E-state index contributed by atoms with van der Waals surface area (Å²) >= 11 is 0. The van der Waals surface area contributed by atoms with Crippen molar-refractivity contribution in [2.75, 3.05) is 17.1 Å². The number of hydrogen-bond acceptors (Lipinski definition) is 5. The molecule has 0 saturated heterocycles. The molecular formula is C25H30N4O4S. The number of rotatable bonds is 7. The molecule has 8 nitrogen and oxygen atoms in total. The Morgan fingerprint density at radius 1 is 1.12 bits per heavy atom. The number of hydrogen-bond donors (Lipinski definition) is 2. The Labute approximate surface area is 200 Å². The van der Waals surface area contributed by atoms with E-state index in [0.717, 1.165) is 18.5 Å². The highest BCUT2D eigenvalue weighted by molar-refractivity contribution is 7.92. The van der Waals surface area contributed by atoms with Gasteiger partial charge in [0.15, 0.2) is 5.69 Å². The Balaban J connectivity index is 1.60. The van der Waals surface area contributed by atoms with Gasteiger partial charge in [0, 0.05) is 17.3 Å². The number of amides is 1. The summed E-state index contributed by atoms with van der Waals surface area (Å²) < 4.78 is 36.0. The highest BCUT2D eigenvalue weighted by Crippen LogP contribution is 2.41. The number of sulfonamides is 1. The fourth-order valence-corrected chi connectivity index (χ4v) is 5.15. The molecule has 0 radical (unpaired) electrons. The van der Waals surface area contributed by atoms with E-state index in [9.17, 15) is 13.2 Å². The van der Waals surface area contributed by atoms with Gasteiger partial charge in [-0.05, 0) is 76.4 Å². The third-order valence-electron chi connectivity index (χ3n) is 5.69.